The highest BCUT2D eigenvalue weighted by Crippen LogP contribution is 2.19. The molecule has 1 saturated heterocycles. The molecule has 108 valence electrons. The highest BCUT2D eigenvalue weighted by molar-refractivity contribution is 5.93. The van der Waals surface area contributed by atoms with E-state index < -0.39 is 11.9 Å². The minimum atomic E-state index is -0.896. The van der Waals surface area contributed by atoms with Gasteiger partial charge in [-0.2, -0.15) is 0 Å². The van der Waals surface area contributed by atoms with E-state index in [1.54, 1.807) is 19.1 Å². The van der Waals surface area contributed by atoms with Crippen LogP contribution in [-0.4, -0.2) is 47.8 Å². The molecular weight excluding hydrogens is 262 g/mol. The number of amides is 1. The minimum absolute atomic E-state index is 0.0506. The molecule has 1 aromatic heterocycles. The Bertz CT molecular complexity index is 532. The van der Waals surface area contributed by atoms with Gasteiger partial charge in [0.2, 0.25) is 5.91 Å². The molecule has 1 aliphatic rings. The average molecular weight is 279 g/mol. The molecule has 0 radical (unpaired) electrons. The lowest BCUT2D eigenvalue weighted by Crippen LogP contribution is -2.43. The summed E-state index contributed by atoms with van der Waals surface area (Å²) in [5, 5.41) is 8.81. The quantitative estimate of drug-likeness (QED) is 0.813. The van der Waals surface area contributed by atoms with E-state index >= 15 is 0 Å². The van der Waals surface area contributed by atoms with Gasteiger partial charge in [-0.05, 0) is 19.1 Å². The van der Waals surface area contributed by atoms with Crippen LogP contribution in [0.2, 0.25) is 0 Å². The first-order valence-electron chi connectivity index (χ1n) is 6.32. The van der Waals surface area contributed by atoms with Gasteiger partial charge in [-0.15, -0.1) is 0 Å². The Kier molecular flexibility index (Phi) is 4.19. The average Bonchev–Trinajstić information content (AvgIpc) is 2.37. The van der Waals surface area contributed by atoms with Gasteiger partial charge in [-0.1, -0.05) is 0 Å². The number of nitrogens with two attached hydrogens (primary N) is 1. The molecule has 0 spiro atoms. The van der Waals surface area contributed by atoms with Crippen molar-refractivity contribution in [2.24, 2.45) is 5.73 Å². The van der Waals surface area contributed by atoms with Crippen molar-refractivity contribution in [1.82, 2.24) is 4.98 Å². The largest absolute Gasteiger partial charge is 0.481 e. The maximum Gasteiger partial charge on any atom is 0.306 e. The smallest absolute Gasteiger partial charge is 0.306 e. The van der Waals surface area contributed by atoms with Crippen molar-refractivity contribution in [1.29, 1.82) is 0 Å². The van der Waals surface area contributed by atoms with E-state index in [1.807, 2.05) is 4.90 Å². The molecule has 1 atom stereocenters. The molecule has 1 fully saturated rings. The van der Waals surface area contributed by atoms with Crippen LogP contribution in [0.15, 0.2) is 12.1 Å². The lowest BCUT2D eigenvalue weighted by Gasteiger charge is -2.33. The first-order chi connectivity index (χ1) is 9.45. The summed E-state index contributed by atoms with van der Waals surface area (Å²) in [7, 11) is 0. The number of carbonyl (C=O) groups excluding carboxylic acids is 1. The number of rotatable bonds is 4. The molecule has 2 heterocycles. The van der Waals surface area contributed by atoms with Crippen molar-refractivity contribution < 1.29 is 19.4 Å². The van der Waals surface area contributed by atoms with Gasteiger partial charge in [0.25, 0.3) is 0 Å². The number of morpholine rings is 1. The molecule has 0 aliphatic carbocycles. The summed E-state index contributed by atoms with van der Waals surface area (Å²) in [4.78, 5) is 28.3. The number of nitrogens with zero attached hydrogens (tertiary/aromatic N) is 2. The maximum atomic E-state index is 11.3. The van der Waals surface area contributed by atoms with Crippen LogP contribution in [0.5, 0.6) is 0 Å². The zero-order chi connectivity index (χ0) is 14.7. The summed E-state index contributed by atoms with van der Waals surface area (Å²) in [6, 6.07) is 3.25. The molecule has 7 nitrogen and oxygen atoms in total. The number of aromatic nitrogens is 1. The van der Waals surface area contributed by atoms with Crippen LogP contribution in [0.3, 0.4) is 0 Å². The fraction of sp³-hybridized carbons (Fsp3) is 0.462. The molecule has 1 amide bonds. The first-order valence-corrected chi connectivity index (χ1v) is 6.32. The van der Waals surface area contributed by atoms with Crippen molar-refractivity contribution in [2.75, 3.05) is 24.6 Å². The molecule has 2 rings (SSSR count). The third-order valence-electron chi connectivity index (χ3n) is 3.09. The van der Waals surface area contributed by atoms with Gasteiger partial charge >= 0.3 is 5.97 Å². The Hall–Kier alpha value is -2.15. The summed E-state index contributed by atoms with van der Waals surface area (Å²) in [5.41, 5.74) is 6.38. The minimum Gasteiger partial charge on any atom is -0.481 e. The molecule has 0 bridgehead atoms. The number of anilines is 1. The zero-order valence-electron chi connectivity index (χ0n) is 11.2. The van der Waals surface area contributed by atoms with Crippen LogP contribution in [0.4, 0.5) is 5.82 Å². The Morgan fingerprint density at radius 1 is 1.55 bits per heavy atom. The van der Waals surface area contributed by atoms with Gasteiger partial charge in [-0.25, -0.2) is 4.98 Å². The number of pyridine rings is 1. The third-order valence-corrected chi connectivity index (χ3v) is 3.09. The molecule has 1 unspecified atom stereocenters. The van der Waals surface area contributed by atoms with Gasteiger partial charge in [0, 0.05) is 24.3 Å². The Morgan fingerprint density at radius 2 is 2.30 bits per heavy atom. The number of hydrogen-bond acceptors (Lipinski definition) is 5. The van der Waals surface area contributed by atoms with Crippen LogP contribution in [0.25, 0.3) is 0 Å². The molecule has 0 aromatic carbocycles. The molecule has 20 heavy (non-hydrogen) atoms. The van der Waals surface area contributed by atoms with E-state index in [9.17, 15) is 9.59 Å². The zero-order valence-corrected chi connectivity index (χ0v) is 11.2. The lowest BCUT2D eigenvalue weighted by atomic mass is 10.1. The summed E-state index contributed by atoms with van der Waals surface area (Å²) >= 11 is 0. The van der Waals surface area contributed by atoms with Crippen LogP contribution in [0.1, 0.15) is 22.5 Å². The normalized spacial score (nSPS) is 18.9. The topological polar surface area (TPSA) is 106 Å². The van der Waals surface area contributed by atoms with Gasteiger partial charge in [0.15, 0.2) is 0 Å². The second-order valence-corrected chi connectivity index (χ2v) is 4.76. The number of carbonyl (C=O) groups is 2. The van der Waals surface area contributed by atoms with E-state index in [4.69, 9.17) is 15.6 Å². The SMILES string of the molecule is Cc1cc(C(N)=O)cc(N2CCOC(CC(=O)O)C2)n1. The van der Waals surface area contributed by atoms with Crippen molar-refractivity contribution in [3.63, 3.8) is 0 Å². The third kappa shape index (κ3) is 3.45. The molecule has 7 heteroatoms. The van der Waals surface area contributed by atoms with Gasteiger partial charge in [0.05, 0.1) is 19.1 Å². The Balaban J connectivity index is 2.18. The molecule has 1 aromatic rings. The number of primary amides is 1. The lowest BCUT2D eigenvalue weighted by molar-refractivity contribution is -0.140. The van der Waals surface area contributed by atoms with E-state index in [0.29, 0.717) is 36.8 Å². The summed E-state index contributed by atoms with van der Waals surface area (Å²) < 4.78 is 5.41. The number of carboxylic acid groups (broad SMARTS) is 1. The van der Waals surface area contributed by atoms with E-state index in [2.05, 4.69) is 4.98 Å². The van der Waals surface area contributed by atoms with Crippen LogP contribution in [0, 0.1) is 6.92 Å². The van der Waals surface area contributed by atoms with E-state index in [0.717, 1.165) is 0 Å². The second kappa shape index (κ2) is 5.87. The summed E-state index contributed by atoms with van der Waals surface area (Å²) in [5.74, 6) is -0.781. The Morgan fingerprint density at radius 3 is 2.95 bits per heavy atom. The van der Waals surface area contributed by atoms with Crippen molar-refractivity contribution in [3.8, 4) is 0 Å². The van der Waals surface area contributed by atoms with Crippen LogP contribution in [-0.2, 0) is 9.53 Å². The Labute approximate surface area is 116 Å². The molecule has 3 N–H and O–H groups in total. The number of carboxylic acids is 1. The highest BCUT2D eigenvalue weighted by atomic mass is 16.5. The van der Waals surface area contributed by atoms with Crippen molar-refractivity contribution in [2.45, 2.75) is 19.4 Å². The highest BCUT2D eigenvalue weighted by Gasteiger charge is 2.24. The van der Waals surface area contributed by atoms with Crippen LogP contribution >= 0.6 is 0 Å². The number of ether oxygens (including phenoxy) is 1. The number of aliphatic carboxylic acids is 1. The number of aryl methyl sites for hydroxylation is 1. The first kappa shape index (κ1) is 14.3. The molecule has 1 aliphatic heterocycles. The molecular formula is C13H17N3O4. The van der Waals surface area contributed by atoms with Gasteiger partial charge in [-0.3, -0.25) is 9.59 Å². The van der Waals surface area contributed by atoms with Crippen LogP contribution < -0.4 is 10.6 Å². The second-order valence-electron chi connectivity index (χ2n) is 4.76. The van der Waals surface area contributed by atoms with Gasteiger partial charge < -0.3 is 20.5 Å². The number of hydrogen-bond donors (Lipinski definition) is 2. The predicted octanol–water partition coefficient (Wildman–Crippen LogP) is 0.169. The fourth-order valence-corrected chi connectivity index (χ4v) is 2.20. The summed E-state index contributed by atoms with van der Waals surface area (Å²) in [6.45, 7) is 3.25. The van der Waals surface area contributed by atoms with Crippen molar-refractivity contribution >= 4 is 17.7 Å². The van der Waals surface area contributed by atoms with E-state index in [1.165, 1.54) is 0 Å². The fourth-order valence-electron chi connectivity index (χ4n) is 2.20. The summed E-state index contributed by atoms with van der Waals surface area (Å²) in [6.07, 6.45) is -0.425. The predicted molar refractivity (Wildman–Crippen MR) is 71.7 cm³/mol. The van der Waals surface area contributed by atoms with Gasteiger partial charge in [0.1, 0.15) is 5.82 Å². The maximum absolute atomic E-state index is 11.3. The molecule has 0 saturated carbocycles. The standard InChI is InChI=1S/C13H17N3O4/c1-8-4-9(13(14)19)5-11(15-8)16-2-3-20-10(7-16)6-12(17)18/h4-5,10H,2-3,6-7H2,1H3,(H2,14,19)(H,17,18). The van der Waals surface area contributed by atoms with E-state index in [-0.39, 0.29) is 12.5 Å². The van der Waals surface area contributed by atoms with Crippen molar-refractivity contribution in [3.05, 3.63) is 23.4 Å². The monoisotopic (exact) mass is 279 g/mol.